The molecule has 0 saturated carbocycles. The van der Waals surface area contributed by atoms with E-state index in [9.17, 15) is 4.79 Å². The Morgan fingerprint density at radius 1 is 1.13 bits per heavy atom. The van der Waals surface area contributed by atoms with Crippen LogP contribution >= 0.6 is 23.2 Å². The third-order valence-corrected chi connectivity index (χ3v) is 3.70. The number of benzene rings is 2. The van der Waals surface area contributed by atoms with Gasteiger partial charge in [0.2, 0.25) is 5.91 Å². The first-order chi connectivity index (χ1) is 11.1. The minimum absolute atomic E-state index is 0.103. The molecule has 1 amide bonds. The van der Waals surface area contributed by atoms with Crippen molar-refractivity contribution in [2.75, 3.05) is 25.5 Å². The number of halogens is 2. The number of amides is 1. The molecule has 0 aliphatic heterocycles. The normalized spacial score (nSPS) is 10.2. The number of carbonyl (C=O) groups is 1. The maximum Gasteiger partial charge on any atom is 0.239 e. The lowest BCUT2D eigenvalue weighted by Crippen LogP contribution is -2.31. The van der Waals surface area contributed by atoms with Gasteiger partial charge in [0, 0.05) is 16.6 Å². The summed E-state index contributed by atoms with van der Waals surface area (Å²) in [6.45, 7) is 0.694. The van der Waals surface area contributed by atoms with Gasteiger partial charge in [-0.25, -0.2) is 0 Å². The zero-order valence-corrected chi connectivity index (χ0v) is 14.2. The van der Waals surface area contributed by atoms with Crippen molar-refractivity contribution in [3.63, 3.8) is 0 Å². The molecule has 2 N–H and O–H groups in total. The lowest BCUT2D eigenvalue weighted by atomic mass is 10.1. The van der Waals surface area contributed by atoms with E-state index in [4.69, 9.17) is 27.9 Å². The number of ether oxygens (including phenoxy) is 1. The van der Waals surface area contributed by atoms with Crippen molar-refractivity contribution in [2.24, 2.45) is 0 Å². The van der Waals surface area contributed by atoms with Crippen LogP contribution in [-0.4, -0.2) is 26.1 Å². The highest BCUT2D eigenvalue weighted by Crippen LogP contribution is 2.27. The van der Waals surface area contributed by atoms with Gasteiger partial charge in [-0.3, -0.25) is 4.79 Å². The van der Waals surface area contributed by atoms with Gasteiger partial charge < -0.3 is 15.4 Å². The molecule has 0 saturated heterocycles. The molecule has 0 aliphatic rings. The fraction of sp³-hybridized carbons (Fsp3) is 0.235. The maximum absolute atomic E-state index is 11.9. The molecule has 6 heteroatoms. The first-order valence-electron chi connectivity index (χ1n) is 7.17. The average molecular weight is 353 g/mol. The fourth-order valence-electron chi connectivity index (χ4n) is 2.10. The van der Waals surface area contributed by atoms with Crippen LogP contribution in [0.1, 0.15) is 5.56 Å². The first kappa shape index (κ1) is 17.4. The molecule has 2 rings (SSSR count). The molecule has 0 radical (unpaired) electrons. The van der Waals surface area contributed by atoms with Crippen LogP contribution in [0, 0.1) is 0 Å². The molecule has 0 atom stereocenters. The van der Waals surface area contributed by atoms with Gasteiger partial charge in [0.25, 0.3) is 0 Å². The Balaban J connectivity index is 1.78. The molecule has 0 aliphatic carbocycles. The number of hydrogen-bond donors (Lipinski definition) is 2. The van der Waals surface area contributed by atoms with Crippen LogP contribution in [0.3, 0.4) is 0 Å². The number of methoxy groups -OCH3 is 1. The van der Waals surface area contributed by atoms with Gasteiger partial charge in [0.15, 0.2) is 0 Å². The zero-order valence-electron chi connectivity index (χ0n) is 12.7. The Kier molecular flexibility index (Phi) is 6.56. The Hall–Kier alpha value is -1.91. The van der Waals surface area contributed by atoms with E-state index in [0.29, 0.717) is 28.0 Å². The van der Waals surface area contributed by atoms with Crippen molar-refractivity contribution in [3.8, 4) is 5.75 Å². The molecular weight excluding hydrogens is 335 g/mol. The summed E-state index contributed by atoms with van der Waals surface area (Å²) < 4.78 is 5.22. The Morgan fingerprint density at radius 2 is 1.91 bits per heavy atom. The van der Waals surface area contributed by atoms with E-state index in [2.05, 4.69) is 10.6 Å². The van der Waals surface area contributed by atoms with Gasteiger partial charge in [0.05, 0.1) is 19.3 Å². The van der Waals surface area contributed by atoms with Gasteiger partial charge >= 0.3 is 0 Å². The summed E-state index contributed by atoms with van der Waals surface area (Å²) in [4.78, 5) is 11.9. The van der Waals surface area contributed by atoms with Gasteiger partial charge in [-0.05, 0) is 42.3 Å². The molecule has 2 aromatic carbocycles. The molecule has 0 heterocycles. The Labute approximate surface area is 145 Å². The van der Waals surface area contributed by atoms with Crippen LogP contribution < -0.4 is 15.4 Å². The summed E-state index contributed by atoms with van der Waals surface area (Å²) in [5.74, 6) is 0.537. The molecule has 0 spiro atoms. The van der Waals surface area contributed by atoms with E-state index < -0.39 is 0 Å². The minimum Gasteiger partial charge on any atom is -0.495 e. The second-order valence-corrected chi connectivity index (χ2v) is 5.80. The molecule has 0 aromatic heterocycles. The third-order valence-electron chi connectivity index (χ3n) is 3.23. The van der Waals surface area contributed by atoms with E-state index >= 15 is 0 Å². The van der Waals surface area contributed by atoms with Crippen molar-refractivity contribution in [1.82, 2.24) is 5.32 Å². The average Bonchev–Trinajstić information content (AvgIpc) is 2.53. The topological polar surface area (TPSA) is 50.4 Å². The summed E-state index contributed by atoms with van der Waals surface area (Å²) in [6.07, 6.45) is 0.729. The molecule has 4 nitrogen and oxygen atoms in total. The van der Waals surface area contributed by atoms with E-state index in [1.165, 1.54) is 0 Å². The van der Waals surface area contributed by atoms with Crippen LogP contribution in [0.25, 0.3) is 0 Å². The van der Waals surface area contributed by atoms with E-state index in [-0.39, 0.29) is 12.5 Å². The number of hydrogen-bond acceptors (Lipinski definition) is 3. The highest BCUT2D eigenvalue weighted by Gasteiger charge is 2.06. The fourth-order valence-corrected chi connectivity index (χ4v) is 2.48. The Bertz CT molecular complexity index is 677. The minimum atomic E-state index is -0.103. The lowest BCUT2D eigenvalue weighted by Gasteiger charge is -2.11. The molecule has 0 unspecified atom stereocenters. The van der Waals surface area contributed by atoms with E-state index in [1.54, 1.807) is 25.3 Å². The van der Waals surface area contributed by atoms with Crippen LogP contribution in [0.15, 0.2) is 42.5 Å². The van der Waals surface area contributed by atoms with Crippen molar-refractivity contribution in [3.05, 3.63) is 58.1 Å². The molecule has 23 heavy (non-hydrogen) atoms. The number of carbonyl (C=O) groups excluding carboxylic acids is 1. The summed E-state index contributed by atoms with van der Waals surface area (Å²) >= 11 is 11.9. The number of rotatable bonds is 7. The quantitative estimate of drug-likeness (QED) is 0.797. The van der Waals surface area contributed by atoms with Gasteiger partial charge in [-0.2, -0.15) is 0 Å². The van der Waals surface area contributed by atoms with Crippen molar-refractivity contribution in [1.29, 1.82) is 0 Å². The second-order valence-electron chi connectivity index (χ2n) is 4.93. The van der Waals surface area contributed by atoms with Crippen LogP contribution in [0.4, 0.5) is 5.69 Å². The second kappa shape index (κ2) is 8.65. The lowest BCUT2D eigenvalue weighted by molar-refractivity contribution is -0.119. The highest BCUT2D eigenvalue weighted by atomic mass is 35.5. The monoisotopic (exact) mass is 352 g/mol. The molecule has 0 bridgehead atoms. The van der Waals surface area contributed by atoms with Crippen molar-refractivity contribution in [2.45, 2.75) is 6.42 Å². The largest absolute Gasteiger partial charge is 0.495 e. The van der Waals surface area contributed by atoms with Gasteiger partial charge in [-0.1, -0.05) is 35.3 Å². The van der Waals surface area contributed by atoms with Gasteiger partial charge in [-0.15, -0.1) is 0 Å². The van der Waals surface area contributed by atoms with Crippen LogP contribution in [-0.2, 0) is 11.2 Å². The summed E-state index contributed by atoms with van der Waals surface area (Å²) in [5.41, 5.74) is 1.77. The van der Waals surface area contributed by atoms with Crippen LogP contribution in [0.2, 0.25) is 10.0 Å². The SMILES string of the molecule is COc1ccc(Cl)cc1NCC(=O)NCCc1cccc(Cl)c1. The predicted octanol–water partition coefficient (Wildman–Crippen LogP) is 3.77. The van der Waals surface area contributed by atoms with E-state index in [1.807, 2.05) is 24.3 Å². The predicted molar refractivity (Wildman–Crippen MR) is 94.7 cm³/mol. The zero-order chi connectivity index (χ0) is 16.7. The highest BCUT2D eigenvalue weighted by molar-refractivity contribution is 6.31. The number of nitrogens with one attached hydrogen (secondary N) is 2. The smallest absolute Gasteiger partial charge is 0.239 e. The maximum atomic E-state index is 11.9. The first-order valence-corrected chi connectivity index (χ1v) is 7.92. The summed E-state index contributed by atoms with van der Waals surface area (Å²) in [7, 11) is 1.57. The summed E-state index contributed by atoms with van der Waals surface area (Å²) in [5, 5.41) is 7.15. The van der Waals surface area contributed by atoms with Crippen molar-refractivity contribution >= 4 is 34.8 Å². The molecular formula is C17H18Cl2N2O2. The van der Waals surface area contributed by atoms with Crippen LogP contribution in [0.5, 0.6) is 5.75 Å². The standard InChI is InChI=1S/C17H18Cl2N2O2/c1-23-16-6-5-14(19)10-15(16)21-11-17(22)20-8-7-12-3-2-4-13(18)9-12/h2-6,9-10,21H,7-8,11H2,1H3,(H,20,22). The van der Waals surface area contributed by atoms with E-state index in [0.717, 1.165) is 12.0 Å². The number of anilines is 1. The third kappa shape index (κ3) is 5.66. The van der Waals surface area contributed by atoms with Gasteiger partial charge in [0.1, 0.15) is 5.75 Å². The molecule has 0 fully saturated rings. The van der Waals surface area contributed by atoms with Crippen molar-refractivity contribution < 1.29 is 9.53 Å². The molecule has 2 aromatic rings. The molecule has 122 valence electrons. The Morgan fingerprint density at radius 3 is 2.65 bits per heavy atom. The summed E-state index contributed by atoms with van der Waals surface area (Å²) in [6, 6.07) is 12.8.